The van der Waals surface area contributed by atoms with E-state index in [1.807, 2.05) is 0 Å². The molecule has 16 heavy (non-hydrogen) atoms. The molecular weight excluding hydrogens is 211 g/mol. The van der Waals surface area contributed by atoms with Gasteiger partial charge in [-0.15, -0.1) is 0 Å². The van der Waals surface area contributed by atoms with Crippen molar-refractivity contribution in [2.24, 2.45) is 0 Å². The Morgan fingerprint density at radius 2 is 2.19 bits per heavy atom. The Bertz CT molecular complexity index is 477. The number of halogens is 1. The van der Waals surface area contributed by atoms with Gasteiger partial charge in [0.25, 0.3) is 0 Å². The zero-order valence-corrected chi connectivity index (χ0v) is 8.35. The highest BCUT2D eigenvalue weighted by Gasteiger charge is 2.09. The molecule has 2 rings (SSSR count). The number of rotatable bonds is 4. The molecule has 82 valence electrons. The molecule has 0 unspecified atom stereocenters. The third-order valence-electron chi connectivity index (χ3n) is 2.06. The van der Waals surface area contributed by atoms with Crippen LogP contribution in [0.15, 0.2) is 41.0 Å². The van der Waals surface area contributed by atoms with E-state index in [-0.39, 0.29) is 17.9 Å². The maximum absolute atomic E-state index is 13.4. The Kier molecular flexibility index (Phi) is 3.00. The molecule has 1 aromatic carbocycles. The molecule has 0 spiro atoms. The van der Waals surface area contributed by atoms with Gasteiger partial charge in [0, 0.05) is 0 Å². The highest BCUT2D eigenvalue weighted by molar-refractivity contribution is 5.79. The van der Waals surface area contributed by atoms with Gasteiger partial charge >= 0.3 is 0 Å². The Labute approximate surface area is 91.5 Å². The van der Waals surface area contributed by atoms with Crippen molar-refractivity contribution in [3.8, 4) is 5.75 Å². The predicted octanol–water partition coefficient (Wildman–Crippen LogP) is 2.81. The lowest BCUT2D eigenvalue weighted by molar-refractivity contribution is 0.111. The molecule has 2 aromatic rings. The zero-order valence-electron chi connectivity index (χ0n) is 8.35. The van der Waals surface area contributed by atoms with E-state index in [0.29, 0.717) is 12.0 Å². The molecule has 3 nitrogen and oxygen atoms in total. The van der Waals surface area contributed by atoms with E-state index in [2.05, 4.69) is 0 Å². The van der Waals surface area contributed by atoms with Gasteiger partial charge in [-0.25, -0.2) is 4.39 Å². The van der Waals surface area contributed by atoms with Crippen molar-refractivity contribution in [1.82, 2.24) is 0 Å². The smallest absolute Gasteiger partial charge is 0.166 e. The van der Waals surface area contributed by atoms with E-state index in [1.54, 1.807) is 12.1 Å². The Morgan fingerprint density at radius 1 is 1.31 bits per heavy atom. The Morgan fingerprint density at radius 3 is 2.88 bits per heavy atom. The standard InChI is InChI=1S/C12H9FO3/c13-11-5-1-3-9(7-14)12(11)16-8-10-4-2-6-15-10/h1-7H,8H2. The van der Waals surface area contributed by atoms with Crippen molar-refractivity contribution in [3.63, 3.8) is 0 Å². The molecule has 0 N–H and O–H groups in total. The van der Waals surface area contributed by atoms with Crippen LogP contribution >= 0.6 is 0 Å². The SMILES string of the molecule is O=Cc1cccc(F)c1OCc1ccco1. The van der Waals surface area contributed by atoms with Crippen molar-refractivity contribution >= 4 is 6.29 Å². The van der Waals surface area contributed by atoms with Gasteiger partial charge in [0.1, 0.15) is 12.4 Å². The molecule has 0 amide bonds. The molecule has 0 aliphatic heterocycles. The van der Waals surface area contributed by atoms with Gasteiger partial charge in [-0.3, -0.25) is 4.79 Å². The minimum Gasteiger partial charge on any atom is -0.482 e. The highest BCUT2D eigenvalue weighted by atomic mass is 19.1. The topological polar surface area (TPSA) is 39.4 Å². The van der Waals surface area contributed by atoms with Crippen LogP contribution in [0.3, 0.4) is 0 Å². The van der Waals surface area contributed by atoms with Crippen molar-refractivity contribution in [3.05, 3.63) is 53.7 Å². The van der Waals surface area contributed by atoms with Crippen LogP contribution in [0, 0.1) is 5.82 Å². The van der Waals surface area contributed by atoms with Gasteiger partial charge in [-0.05, 0) is 24.3 Å². The third-order valence-corrected chi connectivity index (χ3v) is 2.06. The molecule has 0 bridgehead atoms. The molecular formula is C12H9FO3. The minimum absolute atomic E-state index is 0.0473. The van der Waals surface area contributed by atoms with E-state index in [1.165, 1.54) is 24.5 Å². The van der Waals surface area contributed by atoms with Crippen molar-refractivity contribution in [2.45, 2.75) is 6.61 Å². The number of hydrogen-bond donors (Lipinski definition) is 0. The van der Waals surface area contributed by atoms with Gasteiger partial charge in [0.05, 0.1) is 11.8 Å². The van der Waals surface area contributed by atoms with Crippen LogP contribution in [0.1, 0.15) is 16.1 Å². The number of carbonyl (C=O) groups is 1. The number of para-hydroxylation sites is 1. The summed E-state index contributed by atoms with van der Waals surface area (Å²) in [6.07, 6.45) is 2.06. The maximum Gasteiger partial charge on any atom is 0.166 e. The van der Waals surface area contributed by atoms with Crippen molar-refractivity contribution < 1.29 is 18.3 Å². The lowest BCUT2D eigenvalue weighted by Gasteiger charge is -2.07. The van der Waals surface area contributed by atoms with Crippen LogP contribution in [-0.4, -0.2) is 6.29 Å². The maximum atomic E-state index is 13.4. The molecule has 0 saturated carbocycles. The zero-order chi connectivity index (χ0) is 11.4. The molecule has 1 heterocycles. The predicted molar refractivity (Wildman–Crippen MR) is 54.8 cm³/mol. The first-order chi connectivity index (χ1) is 7.81. The average Bonchev–Trinajstić information content (AvgIpc) is 2.80. The molecule has 4 heteroatoms. The van der Waals surface area contributed by atoms with Gasteiger partial charge in [0.2, 0.25) is 0 Å². The number of furan rings is 1. The highest BCUT2D eigenvalue weighted by Crippen LogP contribution is 2.22. The largest absolute Gasteiger partial charge is 0.482 e. The summed E-state index contributed by atoms with van der Waals surface area (Å²) >= 11 is 0. The molecule has 0 saturated heterocycles. The molecule has 0 radical (unpaired) electrons. The molecule has 0 fully saturated rings. The summed E-state index contributed by atoms with van der Waals surface area (Å²) in [6, 6.07) is 7.61. The Hall–Kier alpha value is -2.10. The first-order valence-electron chi connectivity index (χ1n) is 4.70. The van der Waals surface area contributed by atoms with Crippen LogP contribution in [0.4, 0.5) is 4.39 Å². The van der Waals surface area contributed by atoms with Crippen molar-refractivity contribution in [1.29, 1.82) is 0 Å². The number of hydrogen-bond acceptors (Lipinski definition) is 3. The summed E-state index contributed by atoms with van der Waals surface area (Å²) in [7, 11) is 0. The van der Waals surface area contributed by atoms with E-state index < -0.39 is 5.82 Å². The third kappa shape index (κ3) is 2.11. The summed E-state index contributed by atoms with van der Waals surface area (Å²) in [5, 5.41) is 0. The van der Waals surface area contributed by atoms with E-state index in [9.17, 15) is 9.18 Å². The lowest BCUT2D eigenvalue weighted by atomic mass is 10.2. The molecule has 0 aliphatic carbocycles. The number of benzene rings is 1. The second kappa shape index (κ2) is 4.61. The fourth-order valence-corrected chi connectivity index (χ4v) is 1.31. The first-order valence-corrected chi connectivity index (χ1v) is 4.70. The van der Waals surface area contributed by atoms with Crippen LogP contribution in [0.25, 0.3) is 0 Å². The Balaban J connectivity index is 2.17. The van der Waals surface area contributed by atoms with Crippen LogP contribution < -0.4 is 4.74 Å². The first kappa shape index (κ1) is 10.4. The summed E-state index contributed by atoms with van der Waals surface area (Å²) in [6.45, 7) is 0.0920. The minimum atomic E-state index is -0.559. The van der Waals surface area contributed by atoms with E-state index in [4.69, 9.17) is 9.15 Å². The monoisotopic (exact) mass is 220 g/mol. The normalized spacial score (nSPS) is 10.1. The number of carbonyl (C=O) groups excluding carboxylic acids is 1. The lowest BCUT2D eigenvalue weighted by Crippen LogP contribution is -1.99. The number of aldehydes is 1. The molecule has 0 aliphatic rings. The fraction of sp³-hybridized carbons (Fsp3) is 0.0833. The van der Waals surface area contributed by atoms with Gasteiger partial charge in [-0.2, -0.15) is 0 Å². The quantitative estimate of drug-likeness (QED) is 0.744. The molecule has 1 aromatic heterocycles. The van der Waals surface area contributed by atoms with Crippen LogP contribution in [0.2, 0.25) is 0 Å². The number of ether oxygens (including phenoxy) is 1. The molecule has 0 atom stereocenters. The fourth-order valence-electron chi connectivity index (χ4n) is 1.31. The second-order valence-electron chi connectivity index (χ2n) is 3.14. The van der Waals surface area contributed by atoms with Crippen molar-refractivity contribution in [2.75, 3.05) is 0 Å². The van der Waals surface area contributed by atoms with E-state index >= 15 is 0 Å². The van der Waals surface area contributed by atoms with Gasteiger partial charge < -0.3 is 9.15 Å². The van der Waals surface area contributed by atoms with Crippen LogP contribution in [0.5, 0.6) is 5.75 Å². The van der Waals surface area contributed by atoms with E-state index in [0.717, 1.165) is 0 Å². The summed E-state index contributed by atoms with van der Waals surface area (Å²) in [5.41, 5.74) is 0.187. The summed E-state index contributed by atoms with van der Waals surface area (Å²) < 4.78 is 23.6. The summed E-state index contributed by atoms with van der Waals surface area (Å²) in [5.74, 6) is -0.0369. The summed E-state index contributed by atoms with van der Waals surface area (Å²) in [4.78, 5) is 10.7. The van der Waals surface area contributed by atoms with Gasteiger partial charge in [-0.1, -0.05) is 6.07 Å². The van der Waals surface area contributed by atoms with Crippen LogP contribution in [-0.2, 0) is 6.61 Å². The van der Waals surface area contributed by atoms with Gasteiger partial charge in [0.15, 0.2) is 17.9 Å². The second-order valence-corrected chi connectivity index (χ2v) is 3.14. The average molecular weight is 220 g/mol.